The third-order valence-corrected chi connectivity index (χ3v) is 3.29. The number of benzene rings is 2. The summed E-state index contributed by atoms with van der Waals surface area (Å²) in [5.74, 6) is 1.33. The number of hydrogen-bond acceptors (Lipinski definition) is 4. The van der Waals surface area contributed by atoms with Crippen molar-refractivity contribution in [3.8, 4) is 11.5 Å². The fourth-order valence-electron chi connectivity index (χ4n) is 2.21. The van der Waals surface area contributed by atoms with Crippen molar-refractivity contribution in [3.05, 3.63) is 54.1 Å². The second-order valence-corrected chi connectivity index (χ2v) is 4.74. The van der Waals surface area contributed by atoms with Crippen molar-refractivity contribution in [1.29, 1.82) is 0 Å². The number of methoxy groups -OCH3 is 1. The van der Waals surface area contributed by atoms with Crippen LogP contribution < -0.4 is 10.2 Å². The maximum Gasteiger partial charge on any atom is 0.160 e. The monoisotopic (exact) mass is 284 g/mol. The van der Waals surface area contributed by atoms with Crippen molar-refractivity contribution in [2.75, 3.05) is 7.11 Å². The number of nitrogens with one attached hydrogen (secondary N) is 1. The normalized spacial score (nSPS) is 19.5. The van der Waals surface area contributed by atoms with Crippen LogP contribution in [0.3, 0.4) is 0 Å². The van der Waals surface area contributed by atoms with Crippen molar-refractivity contribution < 1.29 is 14.7 Å². The molecule has 5 nitrogen and oxygen atoms in total. The molecule has 0 saturated carbocycles. The average molecular weight is 284 g/mol. The van der Waals surface area contributed by atoms with Crippen LogP contribution in [0.25, 0.3) is 0 Å². The van der Waals surface area contributed by atoms with Gasteiger partial charge in [-0.1, -0.05) is 24.3 Å². The highest BCUT2D eigenvalue weighted by Crippen LogP contribution is 2.33. The van der Waals surface area contributed by atoms with Gasteiger partial charge in [0.25, 0.3) is 0 Å². The third kappa shape index (κ3) is 2.98. The maximum absolute atomic E-state index is 9.62. The number of phenols is 1. The van der Waals surface area contributed by atoms with Gasteiger partial charge in [-0.05, 0) is 29.8 Å². The minimum absolute atomic E-state index is 0.116. The van der Waals surface area contributed by atoms with Gasteiger partial charge in [0, 0.05) is 6.42 Å². The van der Waals surface area contributed by atoms with Crippen LogP contribution in [0, 0.1) is 0 Å². The summed E-state index contributed by atoms with van der Waals surface area (Å²) in [6.07, 6.45) is 0.491. The lowest BCUT2D eigenvalue weighted by atomic mass is 10.1. The van der Waals surface area contributed by atoms with Gasteiger partial charge in [-0.3, -0.25) is 10.3 Å². The summed E-state index contributed by atoms with van der Waals surface area (Å²) in [6, 6.07) is 14.9. The van der Waals surface area contributed by atoms with E-state index in [1.807, 2.05) is 36.4 Å². The summed E-state index contributed by atoms with van der Waals surface area (Å²) in [4.78, 5) is 10.0. The summed E-state index contributed by atoms with van der Waals surface area (Å²) in [7, 11) is 1.52. The molecule has 5 heteroatoms. The van der Waals surface area contributed by atoms with E-state index in [0.29, 0.717) is 12.2 Å². The number of hydrogen-bond donors (Lipinski definition) is 2. The van der Waals surface area contributed by atoms with Gasteiger partial charge < -0.3 is 9.84 Å². The first-order valence-corrected chi connectivity index (χ1v) is 6.67. The first-order chi connectivity index (χ1) is 10.3. The molecular formula is C16H16N2O3. The molecule has 1 fully saturated rings. The number of amidine groups is 1. The number of ether oxygens (including phenoxy) is 1. The Balaban J connectivity index is 1.77. The number of nitrogens with zero attached hydrogens (tertiary/aromatic N) is 1. The number of rotatable bonds is 3. The van der Waals surface area contributed by atoms with Crippen LogP contribution in [-0.4, -0.2) is 18.1 Å². The summed E-state index contributed by atoms with van der Waals surface area (Å²) in [5, 5.41) is 9.62. The van der Waals surface area contributed by atoms with E-state index in [2.05, 4.69) is 10.5 Å². The van der Waals surface area contributed by atoms with Crippen molar-refractivity contribution in [1.82, 2.24) is 5.48 Å². The Hall–Kier alpha value is -2.53. The molecule has 108 valence electrons. The summed E-state index contributed by atoms with van der Waals surface area (Å²) in [6.45, 7) is 0. The zero-order valence-electron chi connectivity index (χ0n) is 11.6. The largest absolute Gasteiger partial charge is 0.504 e. The molecule has 1 unspecified atom stereocenters. The molecule has 2 aromatic rings. The van der Waals surface area contributed by atoms with E-state index in [0.717, 1.165) is 17.1 Å². The van der Waals surface area contributed by atoms with E-state index >= 15 is 0 Å². The van der Waals surface area contributed by atoms with E-state index in [4.69, 9.17) is 9.57 Å². The Morgan fingerprint density at radius 1 is 1.24 bits per heavy atom. The molecule has 2 aromatic carbocycles. The average Bonchev–Trinajstić information content (AvgIpc) is 2.97. The predicted molar refractivity (Wildman–Crippen MR) is 79.8 cm³/mol. The van der Waals surface area contributed by atoms with E-state index in [-0.39, 0.29) is 11.9 Å². The highest BCUT2D eigenvalue weighted by Gasteiger charge is 2.24. The fourth-order valence-corrected chi connectivity index (χ4v) is 2.21. The van der Waals surface area contributed by atoms with Gasteiger partial charge in [-0.2, -0.15) is 0 Å². The Kier molecular flexibility index (Phi) is 3.75. The molecule has 0 spiro atoms. The molecule has 1 aliphatic rings. The summed E-state index contributed by atoms with van der Waals surface area (Å²) < 4.78 is 5.11. The fraction of sp³-hybridized carbons (Fsp3) is 0.188. The number of aliphatic imine (C=N–C) groups is 1. The van der Waals surface area contributed by atoms with Gasteiger partial charge >= 0.3 is 0 Å². The molecule has 0 amide bonds. The number of aromatic hydroxyl groups is 1. The lowest BCUT2D eigenvalue weighted by Crippen LogP contribution is -2.11. The number of hydroxylamine groups is 1. The van der Waals surface area contributed by atoms with E-state index in [1.54, 1.807) is 12.1 Å². The van der Waals surface area contributed by atoms with Crippen molar-refractivity contribution in [3.63, 3.8) is 0 Å². The molecule has 2 N–H and O–H groups in total. The number of para-hydroxylation sites is 1. The van der Waals surface area contributed by atoms with Gasteiger partial charge in [0.05, 0.1) is 12.8 Å². The first-order valence-electron chi connectivity index (χ1n) is 6.67. The van der Waals surface area contributed by atoms with Crippen LogP contribution in [0.4, 0.5) is 5.69 Å². The quantitative estimate of drug-likeness (QED) is 0.909. The minimum atomic E-state index is -0.151. The van der Waals surface area contributed by atoms with Crippen molar-refractivity contribution in [2.45, 2.75) is 12.5 Å². The number of phenolic OH excluding ortho intramolecular Hbond substituents is 1. The summed E-state index contributed by atoms with van der Waals surface area (Å²) >= 11 is 0. The second-order valence-electron chi connectivity index (χ2n) is 4.74. The molecule has 1 atom stereocenters. The topological polar surface area (TPSA) is 63.1 Å². The van der Waals surface area contributed by atoms with Crippen molar-refractivity contribution in [2.24, 2.45) is 4.99 Å². The Bertz CT molecular complexity index is 656. The Morgan fingerprint density at radius 3 is 2.81 bits per heavy atom. The van der Waals surface area contributed by atoms with Gasteiger partial charge in [0.2, 0.25) is 0 Å². The van der Waals surface area contributed by atoms with E-state index in [1.165, 1.54) is 7.11 Å². The van der Waals surface area contributed by atoms with Crippen LogP contribution in [0.1, 0.15) is 18.1 Å². The highest BCUT2D eigenvalue weighted by atomic mass is 16.7. The van der Waals surface area contributed by atoms with E-state index in [9.17, 15) is 5.11 Å². The predicted octanol–water partition coefficient (Wildman–Crippen LogP) is 3.10. The van der Waals surface area contributed by atoms with Gasteiger partial charge in [-0.15, -0.1) is 0 Å². The second kappa shape index (κ2) is 5.85. The standard InChI is InChI=1S/C16H16N2O3/c1-20-15-9-11(7-8-13(15)19)14-10-16(18-21-14)17-12-5-3-2-4-6-12/h2-9,14,19H,10H2,1H3,(H,17,18). The molecule has 1 heterocycles. The van der Waals surface area contributed by atoms with Crippen LogP contribution in [0.5, 0.6) is 11.5 Å². The minimum Gasteiger partial charge on any atom is -0.504 e. The zero-order valence-corrected chi connectivity index (χ0v) is 11.6. The third-order valence-electron chi connectivity index (χ3n) is 3.29. The van der Waals surface area contributed by atoms with Gasteiger partial charge in [-0.25, -0.2) is 4.99 Å². The van der Waals surface area contributed by atoms with Crippen LogP contribution >= 0.6 is 0 Å². The molecule has 21 heavy (non-hydrogen) atoms. The molecular weight excluding hydrogens is 268 g/mol. The lowest BCUT2D eigenvalue weighted by Gasteiger charge is -2.10. The molecule has 0 radical (unpaired) electrons. The Morgan fingerprint density at radius 2 is 2.05 bits per heavy atom. The van der Waals surface area contributed by atoms with Crippen molar-refractivity contribution >= 4 is 11.5 Å². The molecule has 0 bridgehead atoms. The first kappa shape index (κ1) is 13.5. The van der Waals surface area contributed by atoms with Gasteiger partial charge in [0.1, 0.15) is 11.9 Å². The highest BCUT2D eigenvalue weighted by molar-refractivity contribution is 5.85. The zero-order chi connectivity index (χ0) is 14.7. The SMILES string of the molecule is COc1cc(C2CC(=Nc3ccccc3)NO2)ccc1O. The smallest absolute Gasteiger partial charge is 0.160 e. The van der Waals surface area contributed by atoms with Crippen LogP contribution in [0.15, 0.2) is 53.5 Å². The molecule has 1 saturated heterocycles. The van der Waals surface area contributed by atoms with Crippen LogP contribution in [-0.2, 0) is 4.84 Å². The molecule has 1 aliphatic heterocycles. The maximum atomic E-state index is 9.62. The molecule has 0 aliphatic carbocycles. The van der Waals surface area contributed by atoms with Crippen LogP contribution in [0.2, 0.25) is 0 Å². The molecule has 3 rings (SSSR count). The lowest BCUT2D eigenvalue weighted by molar-refractivity contribution is 0.0447. The van der Waals surface area contributed by atoms with E-state index < -0.39 is 0 Å². The summed E-state index contributed by atoms with van der Waals surface area (Å²) in [5.41, 5.74) is 4.66. The Labute approximate surface area is 122 Å². The van der Waals surface area contributed by atoms with Gasteiger partial charge in [0.15, 0.2) is 11.5 Å². The molecule has 0 aromatic heterocycles.